The van der Waals surface area contributed by atoms with Crippen LogP contribution < -0.4 is 0 Å². The second-order valence-electron chi connectivity index (χ2n) is 3.65. The summed E-state index contributed by atoms with van der Waals surface area (Å²) < 4.78 is 5.13. The van der Waals surface area contributed by atoms with Crippen LogP contribution in [0.5, 0.6) is 0 Å². The normalized spacial score (nSPS) is 10.1. The molecule has 0 heterocycles. The molecule has 0 atom stereocenters. The van der Waals surface area contributed by atoms with Crippen LogP contribution in [0.2, 0.25) is 0 Å². The molecule has 0 fully saturated rings. The van der Waals surface area contributed by atoms with Crippen LogP contribution in [0, 0.1) is 0 Å². The molecule has 3 heteroatoms. The maximum atomic E-state index is 11.5. The largest absolute Gasteiger partial charge is 0.465 e. The molecule has 0 aromatic heterocycles. The van der Waals surface area contributed by atoms with Crippen LogP contribution in [0.1, 0.15) is 30.9 Å². The van der Waals surface area contributed by atoms with Crippen LogP contribution in [0.4, 0.5) is 0 Å². The lowest BCUT2D eigenvalue weighted by Crippen LogP contribution is -2.10. The molecule has 0 amide bonds. The molecule has 0 saturated carbocycles. The van der Waals surface area contributed by atoms with Crippen molar-refractivity contribution < 1.29 is 9.53 Å². The molecular formula is C13H17BrO2. The van der Waals surface area contributed by atoms with E-state index in [4.69, 9.17) is 4.74 Å². The van der Waals surface area contributed by atoms with Crippen LogP contribution >= 0.6 is 15.9 Å². The first-order valence-corrected chi connectivity index (χ1v) is 6.68. The lowest BCUT2D eigenvalue weighted by Gasteiger charge is -2.07. The Kier molecular flexibility index (Phi) is 6.16. The summed E-state index contributed by atoms with van der Waals surface area (Å²) in [5, 5.41) is 0.769. The Morgan fingerprint density at radius 3 is 2.62 bits per heavy atom. The molecule has 16 heavy (non-hydrogen) atoms. The molecule has 2 nitrogen and oxygen atoms in total. The fourth-order valence-corrected chi connectivity index (χ4v) is 1.94. The monoisotopic (exact) mass is 284 g/mol. The van der Waals surface area contributed by atoms with E-state index in [1.165, 1.54) is 0 Å². The molecule has 0 radical (unpaired) electrons. The van der Waals surface area contributed by atoms with Crippen molar-refractivity contribution in [2.45, 2.75) is 31.5 Å². The molecule has 88 valence electrons. The van der Waals surface area contributed by atoms with Gasteiger partial charge in [-0.1, -0.05) is 53.5 Å². The van der Waals surface area contributed by atoms with E-state index in [2.05, 4.69) is 22.9 Å². The van der Waals surface area contributed by atoms with Crippen LogP contribution in [-0.4, -0.2) is 12.6 Å². The minimum Gasteiger partial charge on any atom is -0.465 e. The Balaban J connectivity index is 2.49. The predicted molar refractivity (Wildman–Crippen MR) is 68.6 cm³/mol. The van der Waals surface area contributed by atoms with Crippen molar-refractivity contribution in [2.24, 2.45) is 0 Å². The smallest absolute Gasteiger partial charge is 0.310 e. The summed E-state index contributed by atoms with van der Waals surface area (Å²) >= 11 is 3.41. The summed E-state index contributed by atoms with van der Waals surface area (Å²) in [4.78, 5) is 11.5. The van der Waals surface area contributed by atoms with Crippen LogP contribution in [0.3, 0.4) is 0 Å². The maximum absolute atomic E-state index is 11.5. The quantitative estimate of drug-likeness (QED) is 0.454. The van der Waals surface area contributed by atoms with Crippen LogP contribution in [-0.2, 0) is 21.3 Å². The molecule has 0 spiro atoms. The van der Waals surface area contributed by atoms with Gasteiger partial charge in [0.15, 0.2) is 0 Å². The standard InChI is InChI=1S/C13H17BrO2/c1-2-3-8-16-13(15)9-11-6-4-5-7-12(11)10-14/h4-7H,2-3,8-10H2,1H3. The molecule has 0 N–H and O–H groups in total. The number of carbonyl (C=O) groups excluding carboxylic acids is 1. The third kappa shape index (κ3) is 4.35. The van der Waals surface area contributed by atoms with Crippen LogP contribution in [0.15, 0.2) is 24.3 Å². The maximum Gasteiger partial charge on any atom is 0.310 e. The SMILES string of the molecule is CCCCOC(=O)Cc1ccccc1CBr. The van der Waals surface area contributed by atoms with Crippen molar-refractivity contribution in [3.8, 4) is 0 Å². The summed E-state index contributed by atoms with van der Waals surface area (Å²) in [7, 11) is 0. The van der Waals surface area contributed by atoms with Gasteiger partial charge in [0.05, 0.1) is 13.0 Å². The third-order valence-corrected chi connectivity index (χ3v) is 2.96. The van der Waals surface area contributed by atoms with Gasteiger partial charge >= 0.3 is 5.97 Å². The Hall–Kier alpha value is -0.830. The minimum absolute atomic E-state index is 0.137. The molecule has 0 saturated heterocycles. The number of alkyl halides is 1. The Morgan fingerprint density at radius 2 is 2.00 bits per heavy atom. The van der Waals surface area contributed by atoms with Gasteiger partial charge in [-0.05, 0) is 17.5 Å². The Bertz CT molecular complexity index is 336. The van der Waals surface area contributed by atoms with Crippen molar-refractivity contribution in [1.29, 1.82) is 0 Å². The molecule has 0 aliphatic rings. The van der Waals surface area contributed by atoms with Gasteiger partial charge in [0, 0.05) is 5.33 Å². The molecular weight excluding hydrogens is 268 g/mol. The second-order valence-corrected chi connectivity index (χ2v) is 4.21. The number of hydrogen-bond acceptors (Lipinski definition) is 2. The number of ether oxygens (including phenoxy) is 1. The fourth-order valence-electron chi connectivity index (χ4n) is 1.40. The highest BCUT2D eigenvalue weighted by molar-refractivity contribution is 9.08. The molecule has 1 aromatic carbocycles. The van der Waals surface area contributed by atoms with Gasteiger partial charge in [-0.25, -0.2) is 0 Å². The van der Waals surface area contributed by atoms with Crippen molar-refractivity contribution in [3.63, 3.8) is 0 Å². The summed E-state index contributed by atoms with van der Waals surface area (Å²) in [6, 6.07) is 7.91. The van der Waals surface area contributed by atoms with Gasteiger partial charge in [0.2, 0.25) is 0 Å². The number of benzene rings is 1. The average molecular weight is 285 g/mol. The molecule has 0 aliphatic heterocycles. The molecule has 0 unspecified atom stereocenters. The lowest BCUT2D eigenvalue weighted by molar-refractivity contribution is -0.142. The summed E-state index contributed by atoms with van der Waals surface area (Å²) in [5.74, 6) is -0.137. The van der Waals surface area contributed by atoms with Crippen molar-refractivity contribution in [1.82, 2.24) is 0 Å². The number of rotatable bonds is 6. The first-order valence-electron chi connectivity index (χ1n) is 5.56. The highest BCUT2D eigenvalue weighted by Gasteiger charge is 2.07. The Morgan fingerprint density at radius 1 is 1.31 bits per heavy atom. The zero-order valence-electron chi connectivity index (χ0n) is 9.54. The molecule has 1 rings (SSSR count). The van der Waals surface area contributed by atoms with E-state index >= 15 is 0 Å². The highest BCUT2D eigenvalue weighted by Crippen LogP contribution is 2.13. The van der Waals surface area contributed by atoms with Gasteiger partial charge in [0.25, 0.3) is 0 Å². The highest BCUT2D eigenvalue weighted by atomic mass is 79.9. The molecule has 0 aliphatic carbocycles. The third-order valence-electron chi connectivity index (χ3n) is 2.36. The van der Waals surface area contributed by atoms with E-state index in [0.717, 1.165) is 29.3 Å². The van der Waals surface area contributed by atoms with Crippen molar-refractivity contribution in [3.05, 3.63) is 35.4 Å². The van der Waals surface area contributed by atoms with E-state index in [1.54, 1.807) is 0 Å². The first-order chi connectivity index (χ1) is 7.77. The fraction of sp³-hybridized carbons (Fsp3) is 0.462. The van der Waals surface area contributed by atoms with Gasteiger partial charge in [0.1, 0.15) is 0 Å². The second kappa shape index (κ2) is 7.44. The van der Waals surface area contributed by atoms with E-state index in [1.807, 2.05) is 24.3 Å². The van der Waals surface area contributed by atoms with Crippen molar-refractivity contribution in [2.75, 3.05) is 6.61 Å². The lowest BCUT2D eigenvalue weighted by atomic mass is 10.1. The minimum atomic E-state index is -0.137. The van der Waals surface area contributed by atoms with E-state index < -0.39 is 0 Å². The molecule has 1 aromatic rings. The number of esters is 1. The number of halogens is 1. The summed E-state index contributed by atoms with van der Waals surface area (Å²) in [6.45, 7) is 2.61. The summed E-state index contributed by atoms with van der Waals surface area (Å²) in [6.07, 6.45) is 2.35. The Labute approximate surface area is 105 Å². The van der Waals surface area contributed by atoms with Crippen molar-refractivity contribution >= 4 is 21.9 Å². The van der Waals surface area contributed by atoms with Gasteiger partial charge in [-0.15, -0.1) is 0 Å². The molecule has 0 bridgehead atoms. The van der Waals surface area contributed by atoms with Crippen LogP contribution in [0.25, 0.3) is 0 Å². The first kappa shape index (κ1) is 13.2. The number of carbonyl (C=O) groups is 1. The zero-order chi connectivity index (χ0) is 11.8. The topological polar surface area (TPSA) is 26.3 Å². The zero-order valence-corrected chi connectivity index (χ0v) is 11.1. The van der Waals surface area contributed by atoms with E-state index in [0.29, 0.717) is 13.0 Å². The number of unbranched alkanes of at least 4 members (excludes halogenated alkanes) is 1. The van der Waals surface area contributed by atoms with E-state index in [-0.39, 0.29) is 5.97 Å². The predicted octanol–water partition coefficient (Wildman–Crippen LogP) is 3.47. The number of hydrogen-bond donors (Lipinski definition) is 0. The summed E-state index contributed by atoms with van der Waals surface area (Å²) in [5.41, 5.74) is 2.19. The van der Waals surface area contributed by atoms with Gasteiger partial charge in [-0.2, -0.15) is 0 Å². The van der Waals surface area contributed by atoms with Gasteiger partial charge in [-0.3, -0.25) is 4.79 Å². The average Bonchev–Trinajstić information content (AvgIpc) is 2.30. The van der Waals surface area contributed by atoms with E-state index in [9.17, 15) is 4.79 Å². The van der Waals surface area contributed by atoms with Gasteiger partial charge < -0.3 is 4.74 Å².